The van der Waals surface area contributed by atoms with Crippen LogP contribution in [0.4, 0.5) is 0 Å². The van der Waals surface area contributed by atoms with Crippen LogP contribution in [0.1, 0.15) is 33.6 Å². The van der Waals surface area contributed by atoms with Crippen molar-refractivity contribution in [2.75, 3.05) is 0 Å². The maximum atomic E-state index is 10.7. The molecular formula is C20H18O11. The molecule has 0 saturated carbocycles. The second-order valence-corrected chi connectivity index (χ2v) is 6.02. The first kappa shape index (κ1) is 24.9. The quantitative estimate of drug-likeness (QED) is 0.303. The van der Waals surface area contributed by atoms with Crippen LogP contribution in [-0.2, 0) is 52.5 Å². The molecular weight excluding hydrogens is 416 g/mol. The van der Waals surface area contributed by atoms with E-state index in [0.717, 1.165) is 17.7 Å². The standard InChI is InChI=1S/C7H8O2.C5H4O3.C4H4O3.C4H2O3/c1-4-5(2)7(8)9-6(4)3;1-3-2-4(6)8-5(3)7;2*5-3-1-2-4(6)7-3/h3H2,1-2H3;2H,1H3;1-2H2;1-2H. The highest BCUT2D eigenvalue weighted by Crippen LogP contribution is 2.22. The molecule has 31 heavy (non-hydrogen) atoms. The fourth-order valence-electron chi connectivity index (χ4n) is 1.80. The topological polar surface area (TPSA) is 156 Å². The molecule has 11 nitrogen and oxygen atoms in total. The van der Waals surface area contributed by atoms with Crippen LogP contribution < -0.4 is 0 Å². The molecule has 0 aliphatic carbocycles. The van der Waals surface area contributed by atoms with Gasteiger partial charge in [0.25, 0.3) is 0 Å². The van der Waals surface area contributed by atoms with Gasteiger partial charge in [-0.2, -0.15) is 0 Å². The summed E-state index contributed by atoms with van der Waals surface area (Å²) < 4.78 is 16.8. The number of cyclic esters (lactones) is 7. The molecule has 1 fully saturated rings. The van der Waals surface area contributed by atoms with Gasteiger partial charge in [-0.05, 0) is 20.8 Å². The van der Waals surface area contributed by atoms with Crippen molar-refractivity contribution in [3.8, 4) is 0 Å². The minimum atomic E-state index is -0.579. The van der Waals surface area contributed by atoms with Gasteiger partial charge in [0, 0.05) is 34.9 Å². The zero-order valence-corrected chi connectivity index (χ0v) is 16.8. The number of hydrogen-bond donors (Lipinski definition) is 0. The Balaban J connectivity index is 0.000000208. The summed E-state index contributed by atoms with van der Waals surface area (Å²) in [6.07, 6.45) is 3.87. The monoisotopic (exact) mass is 434 g/mol. The number of esters is 7. The van der Waals surface area contributed by atoms with Crippen LogP contribution in [0.25, 0.3) is 0 Å². The molecule has 0 aromatic heterocycles. The minimum Gasteiger partial charge on any atom is -0.424 e. The second-order valence-electron chi connectivity index (χ2n) is 6.02. The number of carbonyl (C=O) groups excluding carboxylic acids is 7. The van der Waals surface area contributed by atoms with E-state index in [2.05, 4.69) is 25.5 Å². The van der Waals surface area contributed by atoms with Crippen molar-refractivity contribution in [1.29, 1.82) is 0 Å². The van der Waals surface area contributed by atoms with Crippen LogP contribution in [0, 0.1) is 0 Å². The highest BCUT2D eigenvalue weighted by Gasteiger charge is 2.21. The van der Waals surface area contributed by atoms with E-state index in [0.29, 0.717) is 16.9 Å². The Morgan fingerprint density at radius 2 is 1.16 bits per heavy atom. The largest absolute Gasteiger partial charge is 0.424 e. The number of ether oxygens (including phenoxy) is 4. The number of carbonyl (C=O) groups is 7. The Hall–Kier alpha value is -4.15. The first-order valence-corrected chi connectivity index (χ1v) is 8.61. The summed E-state index contributed by atoms with van der Waals surface area (Å²) in [5.74, 6) is -2.83. The lowest BCUT2D eigenvalue weighted by molar-refractivity contribution is -0.153. The van der Waals surface area contributed by atoms with Gasteiger partial charge in [-0.3, -0.25) is 9.59 Å². The van der Waals surface area contributed by atoms with Gasteiger partial charge in [-0.15, -0.1) is 0 Å². The Kier molecular flexibility index (Phi) is 8.95. The molecule has 0 spiro atoms. The molecule has 4 aliphatic rings. The van der Waals surface area contributed by atoms with Gasteiger partial charge < -0.3 is 18.9 Å². The van der Waals surface area contributed by atoms with Gasteiger partial charge in [-0.25, -0.2) is 24.0 Å². The number of hydrogen-bond acceptors (Lipinski definition) is 11. The van der Waals surface area contributed by atoms with Crippen molar-refractivity contribution in [2.45, 2.75) is 33.6 Å². The van der Waals surface area contributed by atoms with Gasteiger partial charge in [0.15, 0.2) is 0 Å². The zero-order valence-electron chi connectivity index (χ0n) is 16.8. The summed E-state index contributed by atoms with van der Waals surface area (Å²) >= 11 is 0. The summed E-state index contributed by atoms with van der Waals surface area (Å²) in [7, 11) is 0. The lowest BCUT2D eigenvalue weighted by Crippen LogP contribution is -1.99. The summed E-state index contributed by atoms with van der Waals surface area (Å²) in [4.78, 5) is 70.9. The summed E-state index contributed by atoms with van der Waals surface area (Å²) in [5, 5.41) is 0. The number of rotatable bonds is 0. The molecule has 0 atom stereocenters. The molecule has 11 heteroatoms. The van der Waals surface area contributed by atoms with Crippen molar-refractivity contribution in [2.24, 2.45) is 0 Å². The lowest BCUT2D eigenvalue weighted by atomic mass is 10.2. The third kappa shape index (κ3) is 8.40. The third-order valence-corrected chi connectivity index (χ3v) is 3.67. The van der Waals surface area contributed by atoms with E-state index in [1.165, 1.54) is 13.0 Å². The highest BCUT2D eigenvalue weighted by atomic mass is 16.6. The Morgan fingerprint density at radius 3 is 1.29 bits per heavy atom. The average Bonchev–Trinajstić information content (AvgIpc) is 3.39. The summed E-state index contributed by atoms with van der Waals surface area (Å²) in [6, 6.07) is 0. The van der Waals surface area contributed by atoms with Gasteiger partial charge >= 0.3 is 41.8 Å². The Bertz CT molecular complexity index is 908. The molecule has 0 amide bonds. The van der Waals surface area contributed by atoms with Gasteiger partial charge in [0.2, 0.25) is 0 Å². The Morgan fingerprint density at radius 1 is 0.645 bits per heavy atom. The molecule has 4 aliphatic heterocycles. The molecule has 0 aromatic carbocycles. The van der Waals surface area contributed by atoms with Crippen molar-refractivity contribution < 1.29 is 52.5 Å². The molecule has 164 valence electrons. The van der Waals surface area contributed by atoms with Crippen LogP contribution in [-0.4, -0.2) is 41.8 Å². The molecule has 4 heterocycles. The van der Waals surface area contributed by atoms with Gasteiger partial charge in [0.1, 0.15) is 5.76 Å². The van der Waals surface area contributed by atoms with E-state index < -0.39 is 35.8 Å². The minimum absolute atomic E-state index is 0.263. The maximum absolute atomic E-state index is 10.7. The molecule has 1 saturated heterocycles. The van der Waals surface area contributed by atoms with Gasteiger partial charge in [0.05, 0.1) is 12.8 Å². The van der Waals surface area contributed by atoms with Crippen molar-refractivity contribution in [3.05, 3.63) is 47.3 Å². The fourth-order valence-corrected chi connectivity index (χ4v) is 1.80. The van der Waals surface area contributed by atoms with Crippen LogP contribution in [0.3, 0.4) is 0 Å². The normalized spacial score (nSPS) is 18.7. The number of allylic oxidation sites excluding steroid dienone is 1. The maximum Gasteiger partial charge on any atom is 0.341 e. The molecule has 0 N–H and O–H groups in total. The highest BCUT2D eigenvalue weighted by molar-refractivity contribution is 6.08. The summed E-state index contributed by atoms with van der Waals surface area (Å²) in [5.41, 5.74) is 1.90. The van der Waals surface area contributed by atoms with Crippen LogP contribution in [0.2, 0.25) is 0 Å². The van der Waals surface area contributed by atoms with Crippen LogP contribution >= 0.6 is 0 Å². The zero-order chi connectivity index (χ0) is 23.7. The first-order chi connectivity index (χ1) is 14.4. The van der Waals surface area contributed by atoms with E-state index in [1.807, 2.05) is 6.92 Å². The van der Waals surface area contributed by atoms with Gasteiger partial charge in [-0.1, -0.05) is 6.58 Å². The predicted octanol–water partition coefficient (Wildman–Crippen LogP) is 0.885. The van der Waals surface area contributed by atoms with E-state index in [1.54, 1.807) is 6.92 Å². The van der Waals surface area contributed by atoms with E-state index >= 15 is 0 Å². The van der Waals surface area contributed by atoms with E-state index in [-0.39, 0.29) is 18.8 Å². The molecule has 4 rings (SSSR count). The van der Waals surface area contributed by atoms with Crippen molar-refractivity contribution >= 4 is 41.8 Å². The second kappa shape index (κ2) is 11.1. The predicted molar refractivity (Wildman–Crippen MR) is 99.0 cm³/mol. The van der Waals surface area contributed by atoms with Crippen molar-refractivity contribution in [1.82, 2.24) is 0 Å². The summed E-state index contributed by atoms with van der Waals surface area (Å²) in [6.45, 7) is 8.62. The fraction of sp³-hybridized carbons (Fsp3) is 0.250. The molecule has 0 bridgehead atoms. The molecule has 0 radical (unpaired) electrons. The third-order valence-electron chi connectivity index (χ3n) is 3.67. The molecule has 0 unspecified atom stereocenters. The van der Waals surface area contributed by atoms with Crippen molar-refractivity contribution in [3.63, 3.8) is 0 Å². The van der Waals surface area contributed by atoms with Crippen LogP contribution in [0.5, 0.6) is 0 Å². The molecule has 0 aromatic rings. The SMILES string of the molecule is C=C1OC(=O)C(C)=C1C.CC1=CC(=O)OC1=O.O=C1C=CC(=O)O1.O=C1CCC(=O)O1. The Labute approximate surface area is 175 Å². The van der Waals surface area contributed by atoms with Crippen LogP contribution in [0.15, 0.2) is 47.3 Å². The van der Waals surface area contributed by atoms with E-state index in [4.69, 9.17) is 0 Å². The smallest absolute Gasteiger partial charge is 0.341 e. The van der Waals surface area contributed by atoms with E-state index in [9.17, 15) is 33.6 Å². The average molecular weight is 434 g/mol. The first-order valence-electron chi connectivity index (χ1n) is 8.61. The lowest BCUT2D eigenvalue weighted by Gasteiger charge is -1.90.